The average Bonchev–Trinajstić information content (AvgIpc) is 2.54. The Hall–Kier alpha value is -1.77. The van der Waals surface area contributed by atoms with Crippen LogP contribution in [0.4, 0.5) is 0 Å². The normalized spacial score (nSPS) is 13.0. The van der Waals surface area contributed by atoms with Crippen LogP contribution in [0.3, 0.4) is 0 Å². The van der Waals surface area contributed by atoms with Crippen molar-refractivity contribution in [1.29, 1.82) is 0 Å². The summed E-state index contributed by atoms with van der Waals surface area (Å²) in [6, 6.07) is 1.56. The Morgan fingerprint density at radius 2 is 1.92 bits per heavy atom. The third kappa shape index (κ3) is 6.51. The minimum atomic E-state index is -1.03. The number of carbonyl (C=O) groups is 2. The van der Waals surface area contributed by atoms with Crippen LogP contribution in [-0.2, 0) is 4.79 Å². The van der Waals surface area contributed by atoms with Crippen molar-refractivity contribution in [1.82, 2.24) is 0 Å². The highest BCUT2D eigenvalue weighted by Gasteiger charge is 2.15. The summed E-state index contributed by atoms with van der Waals surface area (Å²) in [5, 5.41) is 20.6. The number of aliphatic hydroxyl groups is 1. The number of Topliss-reactive ketones (excluding diaryl/α,β-unsaturated/α-hetero) is 1. The molecule has 0 aliphatic carbocycles. The van der Waals surface area contributed by atoms with Crippen molar-refractivity contribution < 1.29 is 19.8 Å². The molecule has 2 N–H and O–H groups in total. The lowest BCUT2D eigenvalue weighted by Crippen LogP contribution is -2.17. The van der Waals surface area contributed by atoms with E-state index in [9.17, 15) is 19.8 Å². The minimum absolute atomic E-state index is 0.0803. The lowest BCUT2D eigenvalue weighted by molar-refractivity contribution is -0.122. The number of phenols is 1. The van der Waals surface area contributed by atoms with Crippen LogP contribution in [0.5, 0.6) is 5.75 Å². The number of phenolic OH excluding ortho intramolecular Hbond substituents is 1. The van der Waals surface area contributed by atoms with Gasteiger partial charge < -0.3 is 10.2 Å². The van der Waals surface area contributed by atoms with Crippen molar-refractivity contribution >= 4 is 32.2 Å². The smallest absolute Gasteiger partial charge is 0.183 e. The summed E-state index contributed by atoms with van der Waals surface area (Å²) >= 11 is 0. The van der Waals surface area contributed by atoms with Crippen LogP contribution in [0.15, 0.2) is 24.3 Å². The van der Waals surface area contributed by atoms with Gasteiger partial charge >= 0.3 is 0 Å². The fourth-order valence-electron chi connectivity index (χ4n) is 2.57. The van der Waals surface area contributed by atoms with E-state index in [1.165, 1.54) is 13.0 Å². The van der Waals surface area contributed by atoms with Crippen molar-refractivity contribution in [3.63, 3.8) is 0 Å². The van der Waals surface area contributed by atoms with Crippen LogP contribution >= 0.6 is 9.24 Å². The number of hydrogen-bond acceptors (Lipinski definition) is 4. The second kappa shape index (κ2) is 10.4. The van der Waals surface area contributed by atoms with E-state index in [4.69, 9.17) is 0 Å². The molecule has 0 aliphatic heterocycles. The van der Waals surface area contributed by atoms with Gasteiger partial charge in [0, 0.05) is 5.56 Å². The summed E-state index contributed by atoms with van der Waals surface area (Å²) in [6.07, 6.45) is 7.39. The molecular weight excluding hydrogens is 347 g/mol. The molecule has 0 heterocycles. The van der Waals surface area contributed by atoms with E-state index < -0.39 is 6.10 Å². The molecule has 0 fully saturated rings. The van der Waals surface area contributed by atoms with Crippen LogP contribution in [-0.4, -0.2) is 27.9 Å². The Morgan fingerprint density at radius 3 is 2.50 bits per heavy atom. The van der Waals surface area contributed by atoms with Crippen LogP contribution in [0, 0.1) is 12.8 Å². The van der Waals surface area contributed by atoms with Crippen LogP contribution < -0.4 is 5.30 Å². The van der Waals surface area contributed by atoms with Gasteiger partial charge in [0.05, 0.1) is 0 Å². The molecule has 0 bridgehead atoms. The molecule has 0 spiro atoms. The Morgan fingerprint density at radius 1 is 1.27 bits per heavy atom. The van der Waals surface area contributed by atoms with E-state index in [0.29, 0.717) is 40.8 Å². The molecule has 1 aromatic carbocycles. The molecule has 4 nitrogen and oxygen atoms in total. The summed E-state index contributed by atoms with van der Waals surface area (Å²) < 4.78 is 0. The van der Waals surface area contributed by atoms with E-state index in [1.54, 1.807) is 25.1 Å². The van der Waals surface area contributed by atoms with Crippen molar-refractivity contribution in [2.45, 2.75) is 53.1 Å². The molecular formula is C21H29O4P. The van der Waals surface area contributed by atoms with Gasteiger partial charge in [-0.1, -0.05) is 32.1 Å². The second-order valence-corrected chi connectivity index (χ2v) is 7.51. The molecule has 0 amide bonds. The molecule has 142 valence electrons. The van der Waals surface area contributed by atoms with Gasteiger partial charge in [-0.15, -0.1) is 9.24 Å². The Bertz CT molecular complexity index is 717. The quantitative estimate of drug-likeness (QED) is 0.391. The number of rotatable bonds is 9. The minimum Gasteiger partial charge on any atom is -0.508 e. The lowest BCUT2D eigenvalue weighted by Gasteiger charge is -2.12. The van der Waals surface area contributed by atoms with E-state index in [2.05, 4.69) is 23.1 Å². The number of aliphatic hydroxyl groups excluding tert-OH is 1. The number of aromatic hydroxyl groups is 1. The van der Waals surface area contributed by atoms with Crippen LogP contribution in [0.1, 0.15) is 61.5 Å². The Balaban J connectivity index is 2.77. The third-order valence-corrected chi connectivity index (χ3v) is 4.56. The van der Waals surface area contributed by atoms with Gasteiger partial charge in [0.25, 0.3) is 0 Å². The molecule has 0 saturated carbocycles. The zero-order valence-corrected chi connectivity index (χ0v) is 17.1. The Kier molecular flexibility index (Phi) is 8.91. The molecule has 0 aromatic heterocycles. The maximum Gasteiger partial charge on any atom is 0.183 e. The highest BCUT2D eigenvalue weighted by Crippen LogP contribution is 2.25. The van der Waals surface area contributed by atoms with Crippen LogP contribution in [0.25, 0.3) is 6.08 Å². The van der Waals surface area contributed by atoms with Crippen molar-refractivity contribution in [2.75, 3.05) is 0 Å². The molecule has 2 unspecified atom stereocenters. The predicted molar refractivity (Wildman–Crippen MR) is 110 cm³/mol. The highest BCUT2D eigenvalue weighted by atomic mass is 31.0. The molecule has 0 aliphatic rings. The largest absolute Gasteiger partial charge is 0.508 e. The fraction of sp³-hybridized carbons (Fsp3) is 0.429. The first-order chi connectivity index (χ1) is 12.1. The van der Waals surface area contributed by atoms with Gasteiger partial charge in [-0.2, -0.15) is 0 Å². The second-order valence-electron chi connectivity index (χ2n) is 6.88. The summed E-state index contributed by atoms with van der Waals surface area (Å²) in [7, 11) is 2.47. The van der Waals surface area contributed by atoms with Gasteiger partial charge in [-0.05, 0) is 67.6 Å². The van der Waals surface area contributed by atoms with E-state index in [0.717, 1.165) is 6.42 Å². The number of benzene rings is 1. The molecule has 0 saturated heterocycles. The van der Waals surface area contributed by atoms with Gasteiger partial charge in [-0.3, -0.25) is 9.59 Å². The predicted octanol–water partition coefficient (Wildman–Crippen LogP) is 3.73. The van der Waals surface area contributed by atoms with E-state index in [1.807, 2.05) is 6.08 Å². The third-order valence-electron chi connectivity index (χ3n) is 4.10. The highest BCUT2D eigenvalue weighted by molar-refractivity contribution is 7.27. The number of allylic oxidation sites excluding steroid dienone is 2. The molecule has 26 heavy (non-hydrogen) atoms. The fourth-order valence-corrected chi connectivity index (χ4v) is 3.09. The lowest BCUT2D eigenvalue weighted by atomic mass is 9.97. The SMILES string of the molecule is CC(=O)c1c(P)cc(O)c(C)c1/C=C/CCC(O)C(=O)/C=C\CC(C)C. The zero-order valence-electron chi connectivity index (χ0n) is 16.0. The number of hydrogen-bond donors (Lipinski definition) is 2. The Labute approximate surface area is 158 Å². The van der Waals surface area contributed by atoms with Crippen LogP contribution in [0.2, 0.25) is 0 Å². The van der Waals surface area contributed by atoms with Gasteiger partial charge in [0.1, 0.15) is 11.9 Å². The molecule has 2 atom stereocenters. The first-order valence-electron chi connectivity index (χ1n) is 8.83. The summed E-state index contributed by atoms with van der Waals surface area (Å²) in [5.41, 5.74) is 1.85. The molecule has 1 aromatic rings. The molecule has 0 radical (unpaired) electrons. The van der Waals surface area contributed by atoms with E-state index in [-0.39, 0.29) is 17.3 Å². The summed E-state index contributed by atoms with van der Waals surface area (Å²) in [4.78, 5) is 23.7. The topological polar surface area (TPSA) is 74.6 Å². The van der Waals surface area contributed by atoms with Gasteiger partial charge in [0.15, 0.2) is 11.6 Å². The molecule has 5 heteroatoms. The maximum atomic E-state index is 11.9. The number of ketones is 2. The average molecular weight is 376 g/mol. The zero-order chi connectivity index (χ0) is 19.9. The standard InChI is InChI=1S/C21H29O4P/c1-13(2)8-7-11-18(24)17(23)10-6-5-9-16-14(3)19(25)12-20(26)21(16)15(4)22/h5,7,9,11-13,17,23,25H,6,8,10,26H2,1-4H3/b9-5+,11-7-. The maximum absolute atomic E-state index is 11.9. The van der Waals surface area contributed by atoms with Gasteiger partial charge in [0.2, 0.25) is 0 Å². The number of carbonyl (C=O) groups excluding carboxylic acids is 2. The first kappa shape index (κ1) is 22.3. The van der Waals surface area contributed by atoms with Crippen molar-refractivity contribution in [2.24, 2.45) is 5.92 Å². The summed E-state index contributed by atoms with van der Waals surface area (Å²) in [5.74, 6) is 0.236. The van der Waals surface area contributed by atoms with Crippen molar-refractivity contribution in [3.8, 4) is 5.75 Å². The van der Waals surface area contributed by atoms with E-state index >= 15 is 0 Å². The van der Waals surface area contributed by atoms with Crippen molar-refractivity contribution in [3.05, 3.63) is 41.0 Å². The first-order valence-corrected chi connectivity index (χ1v) is 9.40. The monoisotopic (exact) mass is 376 g/mol. The summed E-state index contributed by atoms with van der Waals surface area (Å²) in [6.45, 7) is 7.37. The van der Waals surface area contributed by atoms with Gasteiger partial charge in [-0.25, -0.2) is 0 Å². The molecule has 1 rings (SSSR count).